The third kappa shape index (κ3) is 4.86. The number of carbonyl (C=O) groups is 1. The van der Waals surface area contributed by atoms with Crippen LogP contribution in [0.2, 0.25) is 0 Å². The van der Waals surface area contributed by atoms with E-state index < -0.39 is 36.8 Å². The fourth-order valence-electron chi connectivity index (χ4n) is 4.52. The molecule has 1 heterocycles. The third-order valence-electron chi connectivity index (χ3n) is 5.86. The second kappa shape index (κ2) is 7.85. The highest BCUT2D eigenvalue weighted by Crippen LogP contribution is 2.56. The van der Waals surface area contributed by atoms with E-state index >= 15 is 0 Å². The van der Waals surface area contributed by atoms with Gasteiger partial charge in [0.15, 0.2) is 11.6 Å². The smallest absolute Gasteiger partial charge is 0.401 e. The van der Waals surface area contributed by atoms with Crippen LogP contribution < -0.4 is 15.4 Å². The van der Waals surface area contributed by atoms with Gasteiger partial charge in [-0.15, -0.1) is 0 Å². The second-order valence-electron chi connectivity index (χ2n) is 8.26. The summed E-state index contributed by atoms with van der Waals surface area (Å²) in [6, 6.07) is 3.16. The van der Waals surface area contributed by atoms with Gasteiger partial charge < -0.3 is 15.4 Å². The van der Waals surface area contributed by atoms with Crippen LogP contribution in [0, 0.1) is 11.2 Å². The highest BCUT2D eigenvalue weighted by atomic mass is 19.4. The summed E-state index contributed by atoms with van der Waals surface area (Å²) >= 11 is 0. The number of nitrogens with one attached hydrogen (secondary N) is 2. The zero-order valence-corrected chi connectivity index (χ0v) is 16.1. The maximum atomic E-state index is 13.9. The van der Waals surface area contributed by atoms with Crippen LogP contribution >= 0.6 is 0 Å². The van der Waals surface area contributed by atoms with Crippen molar-refractivity contribution in [3.05, 3.63) is 35.8 Å². The Morgan fingerprint density at radius 1 is 1.19 bits per heavy atom. The molecule has 2 saturated carbocycles. The number of amides is 1. The molecule has 2 aliphatic rings. The molecule has 0 bridgehead atoms. The average molecular weight is 449 g/mol. The Bertz CT molecular complexity index is 989. The fourth-order valence-corrected chi connectivity index (χ4v) is 4.52. The van der Waals surface area contributed by atoms with Gasteiger partial charge in [0.25, 0.3) is 5.91 Å². The number of aromatic nitrogens is 1. The van der Waals surface area contributed by atoms with Crippen LogP contribution in [0.1, 0.15) is 37.5 Å². The number of benzene rings is 1. The number of halogens is 6. The number of carbonyl (C=O) groups excluding carboxylic acids is 1. The highest BCUT2D eigenvalue weighted by Gasteiger charge is 2.53. The SMILES string of the molecule is O=C(NC1CC2(CC(NCC(F)(F)F)C2)C1)c1cnc2cc(OC(F)F)c(F)cc2c1.[HH]. The van der Waals surface area contributed by atoms with Crippen LogP contribution in [0.5, 0.6) is 5.75 Å². The third-order valence-corrected chi connectivity index (χ3v) is 5.86. The average Bonchev–Trinajstić information content (AvgIpc) is 2.60. The van der Waals surface area contributed by atoms with E-state index in [1.54, 1.807) is 0 Å². The largest absolute Gasteiger partial charge is 0.432 e. The number of alkyl halides is 5. The molecule has 1 amide bonds. The van der Waals surface area contributed by atoms with E-state index in [-0.39, 0.29) is 35.4 Å². The first-order chi connectivity index (χ1) is 14.5. The minimum absolute atomic E-state index is 0. The molecule has 1 aromatic heterocycles. The monoisotopic (exact) mass is 449 g/mol. The molecule has 0 unspecified atom stereocenters. The van der Waals surface area contributed by atoms with Gasteiger partial charge in [-0.25, -0.2) is 4.39 Å². The topological polar surface area (TPSA) is 63.2 Å². The van der Waals surface area contributed by atoms with Crippen LogP contribution in [-0.2, 0) is 0 Å². The summed E-state index contributed by atoms with van der Waals surface area (Å²) in [5, 5.41) is 5.60. The maximum Gasteiger partial charge on any atom is 0.401 e. The van der Waals surface area contributed by atoms with Gasteiger partial charge in [0.1, 0.15) is 0 Å². The van der Waals surface area contributed by atoms with E-state index in [0.717, 1.165) is 12.1 Å². The van der Waals surface area contributed by atoms with Crippen LogP contribution in [-0.4, -0.2) is 42.3 Å². The van der Waals surface area contributed by atoms with Crippen LogP contribution in [0.15, 0.2) is 24.4 Å². The van der Waals surface area contributed by atoms with Crippen molar-refractivity contribution in [3.8, 4) is 5.75 Å². The zero-order valence-electron chi connectivity index (χ0n) is 16.1. The molecule has 5 nitrogen and oxygen atoms in total. The van der Waals surface area contributed by atoms with Gasteiger partial charge in [-0.05, 0) is 43.2 Å². The molecule has 1 spiro atoms. The number of hydrogen-bond donors (Lipinski definition) is 2. The van der Waals surface area contributed by atoms with Gasteiger partial charge in [-0.2, -0.15) is 22.0 Å². The first-order valence-electron chi connectivity index (χ1n) is 9.67. The standard InChI is InChI=1S/C20H19F6N3O2.H2/c21-14-2-10-1-11(8-27-15(10)3-16(14)31-18(22)23)17(30)29-13-6-19(7-13)4-12(5-19)28-9-20(24,25)26;/h1-3,8,12-13,18,28H,4-7,9H2,(H,29,30);1H. The minimum Gasteiger partial charge on any atom is -0.432 e. The predicted octanol–water partition coefficient (Wildman–Crippen LogP) is 4.41. The van der Waals surface area contributed by atoms with Crippen molar-refractivity contribution in [1.82, 2.24) is 15.6 Å². The first kappa shape index (κ1) is 21.7. The molecular weight excluding hydrogens is 428 g/mol. The van der Waals surface area contributed by atoms with Crippen LogP contribution in [0.4, 0.5) is 26.3 Å². The molecule has 170 valence electrons. The Morgan fingerprint density at radius 2 is 1.87 bits per heavy atom. The van der Waals surface area contributed by atoms with Crippen LogP contribution in [0.3, 0.4) is 0 Å². The molecule has 2 N–H and O–H groups in total. The van der Waals surface area contributed by atoms with E-state index in [0.29, 0.717) is 25.7 Å². The number of rotatable bonds is 6. The van der Waals surface area contributed by atoms with Gasteiger partial charge >= 0.3 is 12.8 Å². The van der Waals surface area contributed by atoms with Gasteiger partial charge in [-0.3, -0.25) is 9.78 Å². The number of ether oxygens (including phenoxy) is 1. The van der Waals surface area contributed by atoms with Crippen molar-refractivity contribution < 1.29 is 37.3 Å². The van der Waals surface area contributed by atoms with Gasteiger partial charge in [0, 0.05) is 31.2 Å². The molecule has 2 aliphatic carbocycles. The number of pyridine rings is 1. The Hall–Kier alpha value is -2.56. The second-order valence-corrected chi connectivity index (χ2v) is 8.26. The first-order valence-corrected chi connectivity index (χ1v) is 9.67. The molecular formula is C20H21F6N3O2. The van der Waals surface area contributed by atoms with Gasteiger partial charge in [-0.1, -0.05) is 0 Å². The molecule has 2 fully saturated rings. The van der Waals surface area contributed by atoms with E-state index in [9.17, 15) is 31.1 Å². The number of hydrogen-bond acceptors (Lipinski definition) is 4. The fraction of sp³-hybridized carbons (Fsp3) is 0.500. The predicted molar refractivity (Wildman–Crippen MR) is 100 cm³/mol. The lowest BCUT2D eigenvalue weighted by molar-refractivity contribution is -0.132. The lowest BCUT2D eigenvalue weighted by Crippen LogP contribution is -2.61. The highest BCUT2D eigenvalue weighted by molar-refractivity contribution is 5.97. The maximum absolute atomic E-state index is 13.9. The summed E-state index contributed by atoms with van der Waals surface area (Å²) in [4.78, 5) is 16.5. The molecule has 4 rings (SSSR count). The van der Waals surface area contributed by atoms with E-state index in [1.807, 2.05) is 0 Å². The molecule has 0 saturated heterocycles. The Morgan fingerprint density at radius 3 is 2.52 bits per heavy atom. The lowest BCUT2D eigenvalue weighted by Gasteiger charge is -2.58. The van der Waals surface area contributed by atoms with Crippen molar-refractivity contribution >= 4 is 16.8 Å². The summed E-state index contributed by atoms with van der Waals surface area (Å²) in [6.45, 7) is -4.17. The summed E-state index contributed by atoms with van der Waals surface area (Å²) < 4.78 is 79.4. The molecule has 1 aromatic carbocycles. The molecule has 0 atom stereocenters. The minimum atomic E-state index is -4.23. The van der Waals surface area contributed by atoms with Gasteiger partial charge in [0.2, 0.25) is 0 Å². The van der Waals surface area contributed by atoms with Crippen molar-refractivity contribution in [2.24, 2.45) is 5.41 Å². The number of fused-ring (bicyclic) bond motifs is 1. The molecule has 0 aliphatic heterocycles. The summed E-state index contributed by atoms with van der Waals surface area (Å²) in [5.74, 6) is -2.03. The van der Waals surface area contributed by atoms with Crippen molar-refractivity contribution in [2.45, 2.75) is 50.6 Å². The Balaban J connectivity index is 0.00000289. The normalized spacial score (nSPS) is 25.4. The summed E-state index contributed by atoms with van der Waals surface area (Å²) in [5.41, 5.74) is 0.365. The summed E-state index contributed by atoms with van der Waals surface area (Å²) in [7, 11) is 0. The van der Waals surface area contributed by atoms with Gasteiger partial charge in [0.05, 0.1) is 17.6 Å². The molecule has 11 heteroatoms. The Labute approximate surface area is 174 Å². The van der Waals surface area contributed by atoms with Crippen molar-refractivity contribution in [2.75, 3.05) is 6.54 Å². The lowest BCUT2D eigenvalue weighted by atomic mass is 9.52. The van der Waals surface area contributed by atoms with E-state index in [2.05, 4.69) is 20.4 Å². The van der Waals surface area contributed by atoms with Crippen LogP contribution in [0.25, 0.3) is 10.9 Å². The van der Waals surface area contributed by atoms with E-state index in [4.69, 9.17) is 0 Å². The van der Waals surface area contributed by atoms with Crippen molar-refractivity contribution in [1.29, 1.82) is 0 Å². The molecule has 2 aromatic rings. The zero-order chi connectivity index (χ0) is 22.4. The van der Waals surface area contributed by atoms with Crippen molar-refractivity contribution in [3.63, 3.8) is 0 Å². The molecule has 31 heavy (non-hydrogen) atoms. The summed E-state index contributed by atoms with van der Waals surface area (Å²) in [6.07, 6.45) is -0.297. The molecule has 0 radical (unpaired) electrons. The quantitative estimate of drug-likeness (QED) is 0.642. The van der Waals surface area contributed by atoms with E-state index in [1.165, 1.54) is 12.3 Å². The number of nitrogens with zero attached hydrogens (tertiary/aromatic N) is 1. The Kier molecular flexibility index (Phi) is 5.48.